The summed E-state index contributed by atoms with van der Waals surface area (Å²) in [6, 6.07) is 16.1. The Hall–Kier alpha value is -2.16. The molecule has 3 nitrogen and oxygen atoms in total. The third-order valence-corrected chi connectivity index (χ3v) is 2.90. The van der Waals surface area contributed by atoms with Crippen LogP contribution in [0, 0.1) is 0 Å². The summed E-state index contributed by atoms with van der Waals surface area (Å²) in [6.07, 6.45) is 0. The lowest BCUT2D eigenvalue weighted by Crippen LogP contribution is -2.03. The van der Waals surface area contributed by atoms with Crippen LogP contribution in [-0.4, -0.2) is 13.2 Å². The van der Waals surface area contributed by atoms with Crippen molar-refractivity contribution >= 4 is 5.69 Å². The fraction of sp³-hybridized carbons (Fsp3) is 0.294. The molecular weight excluding hydrogens is 250 g/mol. The minimum absolute atomic E-state index is 0.677. The Morgan fingerprint density at radius 2 is 1.70 bits per heavy atom. The number of benzene rings is 2. The molecule has 3 heteroatoms. The van der Waals surface area contributed by atoms with Crippen LogP contribution < -0.4 is 14.8 Å². The van der Waals surface area contributed by atoms with Crippen LogP contribution in [0.4, 0.5) is 5.69 Å². The molecule has 0 aliphatic rings. The van der Waals surface area contributed by atoms with Crippen LogP contribution in [0.3, 0.4) is 0 Å². The fourth-order valence-electron chi connectivity index (χ4n) is 2.01. The number of anilines is 1. The van der Waals surface area contributed by atoms with Crippen molar-refractivity contribution in [2.45, 2.75) is 20.4 Å². The molecule has 0 spiro atoms. The summed E-state index contributed by atoms with van der Waals surface area (Å²) in [5.41, 5.74) is 2.19. The first-order valence-corrected chi connectivity index (χ1v) is 7.01. The number of para-hydroxylation sites is 1. The lowest BCUT2D eigenvalue weighted by molar-refractivity contribution is 0.337. The number of hydrogen-bond acceptors (Lipinski definition) is 3. The van der Waals surface area contributed by atoms with Crippen LogP contribution in [0.5, 0.6) is 11.5 Å². The molecule has 0 bridgehead atoms. The molecule has 20 heavy (non-hydrogen) atoms. The van der Waals surface area contributed by atoms with E-state index >= 15 is 0 Å². The van der Waals surface area contributed by atoms with E-state index in [1.807, 2.05) is 56.3 Å². The highest BCUT2D eigenvalue weighted by atomic mass is 16.5. The molecule has 0 saturated heterocycles. The monoisotopic (exact) mass is 271 g/mol. The molecule has 0 saturated carbocycles. The van der Waals surface area contributed by atoms with Crippen molar-refractivity contribution < 1.29 is 9.47 Å². The van der Waals surface area contributed by atoms with Crippen LogP contribution in [-0.2, 0) is 6.54 Å². The number of rotatable bonds is 7. The maximum Gasteiger partial charge on any atom is 0.124 e. The Bertz CT molecular complexity index is 540. The lowest BCUT2D eigenvalue weighted by atomic mass is 10.2. The predicted octanol–water partition coefficient (Wildman–Crippen LogP) is 4.10. The van der Waals surface area contributed by atoms with Crippen molar-refractivity contribution in [1.29, 1.82) is 0 Å². The van der Waals surface area contributed by atoms with Gasteiger partial charge in [0.2, 0.25) is 0 Å². The van der Waals surface area contributed by atoms with Crippen molar-refractivity contribution in [1.82, 2.24) is 0 Å². The van der Waals surface area contributed by atoms with Gasteiger partial charge >= 0.3 is 0 Å². The molecule has 1 N–H and O–H groups in total. The van der Waals surface area contributed by atoms with Gasteiger partial charge in [-0.1, -0.05) is 24.3 Å². The van der Waals surface area contributed by atoms with Crippen molar-refractivity contribution in [2.75, 3.05) is 18.5 Å². The van der Waals surface area contributed by atoms with Crippen LogP contribution >= 0.6 is 0 Å². The van der Waals surface area contributed by atoms with Crippen molar-refractivity contribution in [3.05, 3.63) is 54.1 Å². The zero-order valence-corrected chi connectivity index (χ0v) is 12.1. The summed E-state index contributed by atoms with van der Waals surface area (Å²) in [7, 11) is 0. The maximum atomic E-state index is 5.62. The van der Waals surface area contributed by atoms with E-state index in [1.165, 1.54) is 0 Å². The fourth-order valence-corrected chi connectivity index (χ4v) is 2.01. The molecule has 2 aromatic carbocycles. The molecule has 0 unspecified atom stereocenters. The average Bonchev–Trinajstić information content (AvgIpc) is 2.47. The second kappa shape index (κ2) is 7.43. The van der Waals surface area contributed by atoms with Gasteiger partial charge in [-0.15, -0.1) is 0 Å². The quantitative estimate of drug-likeness (QED) is 0.822. The second-order valence-corrected chi connectivity index (χ2v) is 4.36. The first-order valence-electron chi connectivity index (χ1n) is 7.01. The van der Waals surface area contributed by atoms with Gasteiger partial charge in [0.25, 0.3) is 0 Å². The van der Waals surface area contributed by atoms with E-state index < -0.39 is 0 Å². The molecule has 0 heterocycles. The molecule has 0 atom stereocenters. The molecule has 2 aromatic rings. The van der Waals surface area contributed by atoms with Crippen molar-refractivity contribution in [3.8, 4) is 11.5 Å². The predicted molar refractivity (Wildman–Crippen MR) is 82.5 cm³/mol. The van der Waals surface area contributed by atoms with Crippen LogP contribution in [0.25, 0.3) is 0 Å². The van der Waals surface area contributed by atoms with E-state index in [1.54, 1.807) is 0 Å². The Kier molecular flexibility index (Phi) is 5.30. The highest BCUT2D eigenvalue weighted by Gasteiger charge is 2.02. The highest BCUT2D eigenvalue weighted by Crippen LogP contribution is 2.21. The summed E-state index contributed by atoms with van der Waals surface area (Å²) in [5, 5.41) is 3.40. The Morgan fingerprint density at radius 3 is 2.50 bits per heavy atom. The van der Waals surface area contributed by atoms with E-state index in [-0.39, 0.29) is 0 Å². The molecule has 0 aliphatic heterocycles. The Labute approximate surface area is 120 Å². The number of hydrogen-bond donors (Lipinski definition) is 1. The van der Waals surface area contributed by atoms with E-state index in [0.717, 1.165) is 29.3 Å². The molecule has 0 aliphatic carbocycles. The molecule has 0 amide bonds. The number of nitrogens with one attached hydrogen (secondary N) is 1. The zero-order chi connectivity index (χ0) is 14.2. The van der Waals surface area contributed by atoms with Gasteiger partial charge in [-0.3, -0.25) is 0 Å². The number of ether oxygens (including phenoxy) is 2. The normalized spacial score (nSPS) is 10.1. The largest absolute Gasteiger partial charge is 0.494 e. The molecular formula is C17H21NO2. The van der Waals surface area contributed by atoms with Crippen molar-refractivity contribution in [3.63, 3.8) is 0 Å². The maximum absolute atomic E-state index is 5.62. The minimum Gasteiger partial charge on any atom is -0.494 e. The molecule has 0 aromatic heterocycles. The van der Waals surface area contributed by atoms with Gasteiger partial charge in [-0.2, -0.15) is 0 Å². The van der Waals surface area contributed by atoms with Crippen LogP contribution in [0.15, 0.2) is 48.5 Å². The van der Waals surface area contributed by atoms with Gasteiger partial charge in [-0.05, 0) is 32.0 Å². The topological polar surface area (TPSA) is 30.5 Å². The first kappa shape index (κ1) is 14.3. The molecule has 106 valence electrons. The smallest absolute Gasteiger partial charge is 0.124 e. The first-order chi connectivity index (χ1) is 9.83. The van der Waals surface area contributed by atoms with Crippen LogP contribution in [0.2, 0.25) is 0 Å². The summed E-state index contributed by atoms with van der Waals surface area (Å²) in [5.74, 6) is 1.82. The van der Waals surface area contributed by atoms with Gasteiger partial charge in [0.1, 0.15) is 11.5 Å². The third-order valence-electron chi connectivity index (χ3n) is 2.90. The lowest BCUT2D eigenvalue weighted by Gasteiger charge is -2.12. The standard InChI is InChI=1S/C17H21NO2/c1-3-19-16-10-7-9-15(12-16)18-13-14-8-5-6-11-17(14)20-4-2/h5-12,18H,3-4,13H2,1-2H3. The van der Waals surface area contributed by atoms with Gasteiger partial charge in [0, 0.05) is 23.9 Å². The second-order valence-electron chi connectivity index (χ2n) is 4.36. The highest BCUT2D eigenvalue weighted by molar-refractivity contribution is 5.49. The third kappa shape index (κ3) is 3.92. The van der Waals surface area contributed by atoms with E-state index in [2.05, 4.69) is 11.4 Å². The average molecular weight is 271 g/mol. The Balaban J connectivity index is 2.03. The van der Waals surface area contributed by atoms with Crippen molar-refractivity contribution in [2.24, 2.45) is 0 Å². The van der Waals surface area contributed by atoms with Crippen LogP contribution in [0.1, 0.15) is 19.4 Å². The van der Waals surface area contributed by atoms with E-state index in [9.17, 15) is 0 Å². The van der Waals surface area contributed by atoms with Gasteiger partial charge < -0.3 is 14.8 Å². The SMILES string of the molecule is CCOc1cccc(NCc2ccccc2OCC)c1. The van der Waals surface area contributed by atoms with E-state index in [0.29, 0.717) is 13.2 Å². The summed E-state index contributed by atoms with van der Waals surface area (Å²) < 4.78 is 11.1. The van der Waals surface area contributed by atoms with Gasteiger partial charge in [0.15, 0.2) is 0 Å². The minimum atomic E-state index is 0.677. The van der Waals surface area contributed by atoms with E-state index in [4.69, 9.17) is 9.47 Å². The molecule has 0 radical (unpaired) electrons. The summed E-state index contributed by atoms with van der Waals surface area (Å²) in [6.45, 7) is 6.06. The summed E-state index contributed by atoms with van der Waals surface area (Å²) >= 11 is 0. The van der Waals surface area contributed by atoms with Gasteiger partial charge in [0.05, 0.1) is 13.2 Å². The molecule has 0 fully saturated rings. The zero-order valence-electron chi connectivity index (χ0n) is 12.1. The van der Waals surface area contributed by atoms with Gasteiger partial charge in [-0.25, -0.2) is 0 Å². The summed E-state index contributed by atoms with van der Waals surface area (Å²) in [4.78, 5) is 0. The molecule has 2 rings (SSSR count). The Morgan fingerprint density at radius 1 is 0.900 bits per heavy atom.